The summed E-state index contributed by atoms with van der Waals surface area (Å²) in [6.07, 6.45) is 94.2. The van der Waals surface area contributed by atoms with Crippen LogP contribution >= 0.6 is 7.82 Å². The highest BCUT2D eigenvalue weighted by molar-refractivity contribution is 7.45. The number of unbranched alkanes of at least 4 members (excludes halogenated alkanes) is 53. The van der Waals surface area contributed by atoms with Gasteiger partial charge in [0.1, 0.15) is 13.2 Å². The van der Waals surface area contributed by atoms with Crippen LogP contribution in [-0.4, -0.2) is 68.5 Å². The van der Waals surface area contributed by atoms with Gasteiger partial charge in [0.25, 0.3) is 7.82 Å². The zero-order valence-corrected chi connectivity index (χ0v) is 59.9. The molecule has 0 fully saturated rings. The molecule has 1 amide bonds. The minimum atomic E-state index is -4.61. The molecule has 0 aliphatic carbocycles. The Hall–Kier alpha value is -1.54. The minimum absolute atomic E-state index is 0.00501. The maximum Gasteiger partial charge on any atom is 0.268 e. The number of quaternary nitrogens is 1. The first-order valence-electron chi connectivity index (χ1n) is 38.5. The quantitative estimate of drug-likeness (QED) is 0.0272. The molecule has 87 heavy (non-hydrogen) atoms. The van der Waals surface area contributed by atoms with E-state index >= 15 is 0 Å². The lowest BCUT2D eigenvalue weighted by atomic mass is 10.0. The van der Waals surface area contributed by atoms with Crippen molar-refractivity contribution in [1.82, 2.24) is 5.32 Å². The summed E-state index contributed by atoms with van der Waals surface area (Å²) in [6, 6.07) is -0.905. The van der Waals surface area contributed by atoms with Crippen LogP contribution in [0.2, 0.25) is 0 Å². The van der Waals surface area contributed by atoms with Crippen LogP contribution in [-0.2, 0) is 18.4 Å². The Morgan fingerprint density at radius 3 is 1.00 bits per heavy atom. The van der Waals surface area contributed by atoms with Gasteiger partial charge < -0.3 is 28.8 Å². The van der Waals surface area contributed by atoms with Gasteiger partial charge in [0.2, 0.25) is 5.91 Å². The number of aliphatic hydroxyl groups is 1. The molecule has 0 aromatic carbocycles. The number of amides is 1. The third kappa shape index (κ3) is 71.8. The van der Waals surface area contributed by atoms with Crippen molar-refractivity contribution >= 4 is 13.7 Å². The second-order valence-electron chi connectivity index (χ2n) is 27.7. The van der Waals surface area contributed by atoms with Gasteiger partial charge in [-0.3, -0.25) is 9.36 Å². The van der Waals surface area contributed by atoms with E-state index in [4.69, 9.17) is 9.05 Å². The summed E-state index contributed by atoms with van der Waals surface area (Å²) < 4.78 is 23.5. The van der Waals surface area contributed by atoms with Gasteiger partial charge in [-0.2, -0.15) is 0 Å². The number of nitrogens with zero attached hydrogens (tertiary/aromatic N) is 1. The third-order valence-electron chi connectivity index (χ3n) is 17.8. The van der Waals surface area contributed by atoms with Crippen molar-refractivity contribution in [3.05, 3.63) is 48.6 Å². The van der Waals surface area contributed by atoms with Crippen molar-refractivity contribution < 1.29 is 32.9 Å². The van der Waals surface area contributed by atoms with E-state index in [2.05, 4.69) is 55.6 Å². The Balaban J connectivity index is 4.01. The minimum Gasteiger partial charge on any atom is -0.756 e. The summed E-state index contributed by atoms with van der Waals surface area (Å²) in [5.41, 5.74) is 0. The van der Waals surface area contributed by atoms with Gasteiger partial charge in [-0.25, -0.2) is 0 Å². The molecule has 0 spiro atoms. The summed E-state index contributed by atoms with van der Waals surface area (Å²) in [7, 11) is 1.26. The van der Waals surface area contributed by atoms with Gasteiger partial charge in [0.05, 0.1) is 39.9 Å². The second-order valence-corrected chi connectivity index (χ2v) is 29.1. The van der Waals surface area contributed by atoms with Gasteiger partial charge >= 0.3 is 0 Å². The van der Waals surface area contributed by atoms with Gasteiger partial charge in [-0.1, -0.05) is 371 Å². The highest BCUT2D eigenvalue weighted by Gasteiger charge is 2.23. The Morgan fingerprint density at radius 1 is 0.402 bits per heavy atom. The number of allylic oxidation sites excluding steroid dienone is 7. The van der Waals surface area contributed by atoms with E-state index in [-0.39, 0.29) is 19.1 Å². The second kappa shape index (κ2) is 68.8. The number of phosphoric ester groups is 1. The normalized spacial score (nSPS) is 13.8. The number of nitrogens with one attached hydrogen (secondary N) is 1. The molecule has 0 heterocycles. The molecule has 3 atom stereocenters. The molecule has 3 unspecified atom stereocenters. The first kappa shape index (κ1) is 85.5. The Bertz CT molecular complexity index is 1560. The fourth-order valence-electron chi connectivity index (χ4n) is 11.8. The van der Waals surface area contributed by atoms with E-state index in [1.165, 1.54) is 327 Å². The molecular formula is C78H151N2O6P. The first-order valence-corrected chi connectivity index (χ1v) is 40.0. The summed E-state index contributed by atoms with van der Waals surface area (Å²) in [5, 5.41) is 14.0. The molecule has 2 N–H and O–H groups in total. The fraction of sp³-hybridized carbons (Fsp3) is 0.885. The summed E-state index contributed by atoms with van der Waals surface area (Å²) in [6.45, 7) is 4.68. The topological polar surface area (TPSA) is 108 Å². The maximum atomic E-state index is 13.1. The number of phosphoric acid groups is 1. The standard InChI is InChI=1S/C78H151N2O6P/c1-6-8-10-12-14-16-18-20-22-24-26-28-30-32-34-36-38-40-42-44-46-48-50-52-54-56-58-60-62-64-66-68-70-72-78(82)79-76(75-86-87(83,84)85-74-73-80(3,4)5)77(81)71-69-67-65-63-61-59-57-55-53-51-49-47-45-43-41-39-37-35-33-31-29-27-25-23-21-19-17-15-13-11-9-7-2/h18,20,24,26,61,63,69,71,76-77,81H,6-17,19,21-23,25,27-60,62,64-68,70,72-75H2,1-5H3,(H-,79,82,83,84)/b20-18-,26-24-,63-61+,71-69+. The zero-order chi connectivity index (χ0) is 63.4. The highest BCUT2D eigenvalue weighted by atomic mass is 31.2. The van der Waals surface area contributed by atoms with Crippen LogP contribution in [0.25, 0.3) is 0 Å². The van der Waals surface area contributed by atoms with E-state index < -0.39 is 20.0 Å². The highest BCUT2D eigenvalue weighted by Crippen LogP contribution is 2.38. The van der Waals surface area contributed by atoms with Crippen LogP contribution in [0.3, 0.4) is 0 Å². The van der Waals surface area contributed by atoms with E-state index in [1.807, 2.05) is 27.2 Å². The van der Waals surface area contributed by atoms with Crippen molar-refractivity contribution in [2.24, 2.45) is 0 Å². The lowest BCUT2D eigenvalue weighted by Crippen LogP contribution is -2.45. The van der Waals surface area contributed by atoms with Crippen LogP contribution in [0.5, 0.6) is 0 Å². The molecule has 0 aromatic rings. The largest absolute Gasteiger partial charge is 0.756 e. The Kier molecular flexibility index (Phi) is 67.6. The van der Waals surface area contributed by atoms with Crippen molar-refractivity contribution in [3.8, 4) is 0 Å². The summed E-state index contributed by atoms with van der Waals surface area (Å²) in [4.78, 5) is 25.7. The number of hydrogen-bond donors (Lipinski definition) is 2. The van der Waals surface area contributed by atoms with Crippen LogP contribution in [0.15, 0.2) is 48.6 Å². The van der Waals surface area contributed by atoms with E-state index in [0.29, 0.717) is 17.4 Å². The maximum absolute atomic E-state index is 13.1. The average Bonchev–Trinajstić information content (AvgIpc) is 3.71. The van der Waals surface area contributed by atoms with Gasteiger partial charge in [0, 0.05) is 6.42 Å². The van der Waals surface area contributed by atoms with Crippen molar-refractivity contribution in [1.29, 1.82) is 0 Å². The number of carbonyl (C=O) groups is 1. The van der Waals surface area contributed by atoms with Crippen molar-refractivity contribution in [3.63, 3.8) is 0 Å². The monoisotopic (exact) mass is 1240 g/mol. The number of likely N-dealkylation sites (N-methyl/N-ethyl adjacent to an activating group) is 1. The zero-order valence-electron chi connectivity index (χ0n) is 59.0. The van der Waals surface area contributed by atoms with Gasteiger partial charge in [-0.05, 0) is 64.2 Å². The molecule has 0 radical (unpaired) electrons. The molecule has 0 aliphatic heterocycles. The van der Waals surface area contributed by atoms with Crippen molar-refractivity contribution in [2.45, 2.75) is 405 Å². The molecular weight excluding hydrogens is 1090 g/mol. The lowest BCUT2D eigenvalue weighted by molar-refractivity contribution is -0.870. The average molecular weight is 1240 g/mol. The van der Waals surface area contributed by atoms with E-state index in [0.717, 1.165) is 44.9 Å². The fourth-order valence-corrected chi connectivity index (χ4v) is 12.5. The molecule has 0 aromatic heterocycles. The molecule has 514 valence electrons. The Morgan fingerprint density at radius 2 is 0.678 bits per heavy atom. The summed E-state index contributed by atoms with van der Waals surface area (Å²) in [5.74, 6) is -0.200. The van der Waals surface area contributed by atoms with E-state index in [9.17, 15) is 19.4 Å². The first-order chi connectivity index (χ1) is 42.5. The molecule has 0 bridgehead atoms. The SMILES string of the molecule is CCCCCCC/C=C\C/C=C\CCCCCCCCCCCCCCCCCCCCCCCC(=O)NC(COP(=O)([O-])OCC[N+](C)(C)C)C(O)/C=C/CC/C=C/CCCCCCCCCCCCCCCCCCCCCCCCCCCC. The third-order valence-corrected chi connectivity index (χ3v) is 18.7. The smallest absolute Gasteiger partial charge is 0.268 e. The van der Waals surface area contributed by atoms with Crippen LogP contribution in [0.4, 0.5) is 0 Å². The van der Waals surface area contributed by atoms with Crippen LogP contribution in [0.1, 0.15) is 393 Å². The van der Waals surface area contributed by atoms with E-state index in [1.54, 1.807) is 6.08 Å². The lowest BCUT2D eigenvalue weighted by Gasteiger charge is -2.29. The predicted molar refractivity (Wildman–Crippen MR) is 381 cm³/mol. The molecule has 8 nitrogen and oxygen atoms in total. The predicted octanol–water partition coefficient (Wildman–Crippen LogP) is 24.3. The van der Waals surface area contributed by atoms with Crippen LogP contribution < -0.4 is 10.2 Å². The summed E-state index contributed by atoms with van der Waals surface area (Å²) >= 11 is 0. The van der Waals surface area contributed by atoms with Crippen LogP contribution in [0, 0.1) is 0 Å². The van der Waals surface area contributed by atoms with Crippen molar-refractivity contribution in [2.75, 3.05) is 40.9 Å². The molecule has 0 saturated carbocycles. The molecule has 9 heteroatoms. The number of aliphatic hydroxyl groups excluding tert-OH is 1. The number of rotatable bonds is 72. The van der Waals surface area contributed by atoms with Gasteiger partial charge in [-0.15, -0.1) is 0 Å². The number of carbonyl (C=O) groups excluding carboxylic acids is 1. The van der Waals surface area contributed by atoms with Gasteiger partial charge in [0.15, 0.2) is 0 Å². The molecule has 0 rings (SSSR count). The number of hydrogen-bond acceptors (Lipinski definition) is 6. The molecule has 0 aliphatic rings. The molecule has 0 saturated heterocycles. The Labute approximate surface area is 543 Å².